The van der Waals surface area contributed by atoms with E-state index in [0.29, 0.717) is 18.6 Å². The van der Waals surface area contributed by atoms with Crippen LogP contribution in [0.3, 0.4) is 0 Å². The number of nitrogens with one attached hydrogen (secondary N) is 1. The Labute approximate surface area is 121 Å². The molecule has 0 heterocycles. The lowest BCUT2D eigenvalue weighted by molar-refractivity contribution is 0.171. The molecule has 2 heteroatoms. The third kappa shape index (κ3) is 3.61. The van der Waals surface area contributed by atoms with E-state index < -0.39 is 0 Å². The van der Waals surface area contributed by atoms with Gasteiger partial charge in [-0.3, -0.25) is 0 Å². The van der Waals surface area contributed by atoms with E-state index in [1.807, 2.05) is 6.07 Å². The smallest absolute Gasteiger partial charge is 0.0666 e. The Hall–Kier alpha value is -1.80. The monoisotopic (exact) mass is 269 g/mol. The van der Waals surface area contributed by atoms with Crippen molar-refractivity contribution in [2.75, 3.05) is 19.0 Å². The van der Waals surface area contributed by atoms with Crippen LogP contribution in [0.5, 0.6) is 0 Å². The van der Waals surface area contributed by atoms with Gasteiger partial charge in [0.1, 0.15) is 0 Å². The van der Waals surface area contributed by atoms with Crippen LogP contribution in [0, 0.1) is 5.92 Å². The van der Waals surface area contributed by atoms with Crippen molar-refractivity contribution in [2.45, 2.75) is 19.9 Å². The lowest BCUT2D eigenvalue weighted by Crippen LogP contribution is -2.30. The predicted molar refractivity (Wildman–Crippen MR) is 86.0 cm³/mol. The molecule has 20 heavy (non-hydrogen) atoms. The van der Waals surface area contributed by atoms with Gasteiger partial charge in [0.2, 0.25) is 0 Å². The van der Waals surface area contributed by atoms with Crippen molar-refractivity contribution in [1.82, 2.24) is 0 Å². The summed E-state index contributed by atoms with van der Waals surface area (Å²) in [5.41, 5.74) is 3.62. The Kier molecular flexibility index (Phi) is 5.19. The van der Waals surface area contributed by atoms with Crippen molar-refractivity contribution in [3.63, 3.8) is 0 Å². The van der Waals surface area contributed by atoms with Crippen molar-refractivity contribution >= 4 is 5.69 Å². The summed E-state index contributed by atoms with van der Waals surface area (Å²) in [6.07, 6.45) is 0. The maximum Gasteiger partial charge on any atom is 0.0666 e. The highest BCUT2D eigenvalue weighted by Crippen LogP contribution is 2.28. The molecule has 1 atom stereocenters. The van der Waals surface area contributed by atoms with E-state index >= 15 is 0 Å². The highest BCUT2D eigenvalue weighted by atomic mass is 16.5. The Bertz CT molecular complexity index is 522. The molecule has 0 radical (unpaired) electrons. The van der Waals surface area contributed by atoms with Gasteiger partial charge < -0.3 is 10.1 Å². The zero-order chi connectivity index (χ0) is 14.4. The van der Waals surface area contributed by atoms with Gasteiger partial charge in [0.15, 0.2) is 0 Å². The molecule has 0 amide bonds. The first-order valence-corrected chi connectivity index (χ1v) is 7.12. The average molecular weight is 269 g/mol. The van der Waals surface area contributed by atoms with E-state index in [9.17, 15) is 0 Å². The molecular formula is C18H23NO. The van der Waals surface area contributed by atoms with E-state index in [0.717, 1.165) is 5.69 Å². The maximum atomic E-state index is 5.32. The fourth-order valence-corrected chi connectivity index (χ4v) is 2.26. The Morgan fingerprint density at radius 2 is 1.60 bits per heavy atom. The lowest BCUT2D eigenvalue weighted by atomic mass is 10.0. The summed E-state index contributed by atoms with van der Waals surface area (Å²) in [4.78, 5) is 0. The van der Waals surface area contributed by atoms with Gasteiger partial charge in [-0.25, -0.2) is 0 Å². The summed E-state index contributed by atoms with van der Waals surface area (Å²) in [7, 11) is 1.75. The van der Waals surface area contributed by atoms with Gasteiger partial charge in [-0.2, -0.15) is 0 Å². The van der Waals surface area contributed by atoms with Crippen LogP contribution in [0.15, 0.2) is 54.6 Å². The standard InChI is InChI=1S/C18H23NO/c1-14(2)18(13-20-3)19-17-12-8-7-11-16(17)15-9-5-4-6-10-15/h4-12,14,18-19H,13H2,1-3H3. The molecule has 106 valence electrons. The van der Waals surface area contributed by atoms with Crippen LogP contribution in [0.2, 0.25) is 0 Å². The van der Waals surface area contributed by atoms with E-state index in [-0.39, 0.29) is 0 Å². The third-order valence-corrected chi connectivity index (χ3v) is 3.50. The molecule has 1 N–H and O–H groups in total. The Morgan fingerprint density at radius 3 is 2.25 bits per heavy atom. The molecule has 2 rings (SSSR count). The number of ether oxygens (including phenoxy) is 1. The fourth-order valence-electron chi connectivity index (χ4n) is 2.26. The normalized spacial score (nSPS) is 12.4. The first kappa shape index (κ1) is 14.6. The molecule has 0 aliphatic carbocycles. The van der Waals surface area contributed by atoms with Crippen LogP contribution in [-0.2, 0) is 4.74 Å². The molecule has 0 spiro atoms. The molecule has 0 saturated heterocycles. The number of hydrogen-bond acceptors (Lipinski definition) is 2. The molecule has 1 unspecified atom stereocenters. The molecule has 0 aromatic heterocycles. The number of hydrogen-bond donors (Lipinski definition) is 1. The first-order valence-electron chi connectivity index (χ1n) is 7.12. The number of para-hydroxylation sites is 1. The first-order chi connectivity index (χ1) is 9.72. The molecular weight excluding hydrogens is 246 g/mol. The van der Waals surface area contributed by atoms with E-state index in [1.54, 1.807) is 7.11 Å². The molecule has 0 bridgehead atoms. The number of anilines is 1. The van der Waals surface area contributed by atoms with Crippen LogP contribution >= 0.6 is 0 Å². The molecule has 0 fully saturated rings. The zero-order valence-corrected chi connectivity index (χ0v) is 12.5. The van der Waals surface area contributed by atoms with Gasteiger partial charge in [0.25, 0.3) is 0 Å². The maximum absolute atomic E-state index is 5.32. The van der Waals surface area contributed by atoms with Crippen LogP contribution in [0.1, 0.15) is 13.8 Å². The highest BCUT2D eigenvalue weighted by Gasteiger charge is 2.14. The summed E-state index contributed by atoms with van der Waals surface area (Å²) in [5, 5.41) is 3.62. The quantitative estimate of drug-likeness (QED) is 0.837. The van der Waals surface area contributed by atoms with Gasteiger partial charge >= 0.3 is 0 Å². The number of methoxy groups -OCH3 is 1. The summed E-state index contributed by atoms with van der Waals surface area (Å²) in [6, 6.07) is 19.2. The average Bonchev–Trinajstić information content (AvgIpc) is 2.48. The molecule has 0 aliphatic rings. The summed E-state index contributed by atoms with van der Waals surface area (Å²) in [6.45, 7) is 5.13. The summed E-state index contributed by atoms with van der Waals surface area (Å²) < 4.78 is 5.32. The molecule has 2 aromatic rings. The Morgan fingerprint density at radius 1 is 0.950 bits per heavy atom. The van der Waals surface area contributed by atoms with Crippen molar-refractivity contribution < 1.29 is 4.74 Å². The minimum atomic E-state index is 0.310. The molecule has 0 aliphatic heterocycles. The van der Waals surface area contributed by atoms with Crippen molar-refractivity contribution in [3.8, 4) is 11.1 Å². The van der Waals surface area contributed by atoms with E-state index in [1.165, 1.54) is 11.1 Å². The van der Waals surface area contributed by atoms with E-state index in [2.05, 4.69) is 67.7 Å². The summed E-state index contributed by atoms with van der Waals surface area (Å²) in [5.74, 6) is 0.513. The predicted octanol–water partition coefficient (Wildman–Crippen LogP) is 4.44. The number of benzene rings is 2. The zero-order valence-electron chi connectivity index (χ0n) is 12.5. The third-order valence-electron chi connectivity index (χ3n) is 3.50. The van der Waals surface area contributed by atoms with Crippen molar-refractivity contribution in [1.29, 1.82) is 0 Å². The van der Waals surface area contributed by atoms with Crippen LogP contribution in [0.25, 0.3) is 11.1 Å². The van der Waals surface area contributed by atoms with Gasteiger partial charge in [0.05, 0.1) is 12.6 Å². The molecule has 2 aromatic carbocycles. The highest BCUT2D eigenvalue weighted by molar-refractivity contribution is 5.77. The van der Waals surface area contributed by atoms with E-state index in [4.69, 9.17) is 4.74 Å². The summed E-state index contributed by atoms with van der Waals surface area (Å²) >= 11 is 0. The van der Waals surface area contributed by atoms with Crippen molar-refractivity contribution in [2.24, 2.45) is 5.92 Å². The second-order valence-corrected chi connectivity index (χ2v) is 5.36. The second kappa shape index (κ2) is 7.11. The topological polar surface area (TPSA) is 21.3 Å². The largest absolute Gasteiger partial charge is 0.383 e. The molecule has 0 saturated carbocycles. The SMILES string of the molecule is COCC(Nc1ccccc1-c1ccccc1)C(C)C. The van der Waals surface area contributed by atoms with Crippen molar-refractivity contribution in [3.05, 3.63) is 54.6 Å². The van der Waals surface area contributed by atoms with Gasteiger partial charge in [-0.15, -0.1) is 0 Å². The van der Waals surface area contributed by atoms with Gasteiger partial charge in [0, 0.05) is 18.4 Å². The number of rotatable bonds is 6. The minimum Gasteiger partial charge on any atom is -0.383 e. The minimum absolute atomic E-state index is 0.310. The van der Waals surface area contributed by atoms with Gasteiger partial charge in [-0.1, -0.05) is 62.4 Å². The fraction of sp³-hybridized carbons (Fsp3) is 0.333. The van der Waals surface area contributed by atoms with Gasteiger partial charge in [-0.05, 0) is 17.5 Å². The second-order valence-electron chi connectivity index (χ2n) is 5.36. The van der Waals surface area contributed by atoms with Crippen LogP contribution in [0.4, 0.5) is 5.69 Å². The molecule has 2 nitrogen and oxygen atoms in total. The Balaban J connectivity index is 2.28. The van der Waals surface area contributed by atoms with Crippen LogP contribution in [-0.4, -0.2) is 19.8 Å². The van der Waals surface area contributed by atoms with Crippen LogP contribution < -0.4 is 5.32 Å². The lowest BCUT2D eigenvalue weighted by Gasteiger charge is -2.24.